The lowest BCUT2D eigenvalue weighted by Crippen LogP contribution is -2.42. The first-order valence-electron chi connectivity index (χ1n) is 10.0. The maximum absolute atomic E-state index is 13.2. The van der Waals surface area contributed by atoms with Gasteiger partial charge in [-0.2, -0.15) is 0 Å². The van der Waals surface area contributed by atoms with Gasteiger partial charge in [-0.25, -0.2) is 18.9 Å². The molecule has 0 aliphatic rings. The first-order chi connectivity index (χ1) is 15.0. The summed E-state index contributed by atoms with van der Waals surface area (Å²) < 4.78 is 2.29. The highest BCUT2D eigenvalue weighted by atomic mass is 16.2. The van der Waals surface area contributed by atoms with Crippen LogP contribution in [-0.4, -0.2) is 20.0 Å². The summed E-state index contributed by atoms with van der Waals surface area (Å²) in [5.74, 6) is -0.0784. The molecule has 0 aliphatic heterocycles. The number of hydrogen-bond donors (Lipinski definition) is 1. The minimum atomic E-state index is -0.618. The van der Waals surface area contributed by atoms with Crippen LogP contribution in [0, 0.1) is 0 Å². The van der Waals surface area contributed by atoms with Gasteiger partial charge in [0.25, 0.3) is 5.56 Å². The van der Waals surface area contributed by atoms with Crippen LogP contribution >= 0.6 is 0 Å². The fraction of sp³-hybridized carbons (Fsp3) is 0.167. The van der Waals surface area contributed by atoms with Crippen molar-refractivity contribution in [2.24, 2.45) is 0 Å². The van der Waals surface area contributed by atoms with E-state index in [2.05, 4.69) is 24.1 Å². The zero-order valence-electron chi connectivity index (χ0n) is 17.3. The van der Waals surface area contributed by atoms with Crippen molar-refractivity contribution >= 4 is 22.6 Å². The Morgan fingerprint density at radius 1 is 0.968 bits per heavy atom. The molecule has 7 heteroatoms. The molecule has 1 N–H and O–H groups in total. The van der Waals surface area contributed by atoms with Gasteiger partial charge in [-0.15, -0.1) is 0 Å². The molecule has 0 saturated heterocycles. The molecule has 0 radical (unpaired) electrons. The molecule has 0 aliphatic carbocycles. The van der Waals surface area contributed by atoms with Crippen molar-refractivity contribution in [3.8, 4) is 5.69 Å². The fourth-order valence-electron chi connectivity index (χ4n) is 3.43. The van der Waals surface area contributed by atoms with Crippen LogP contribution in [0.4, 0.5) is 5.69 Å². The standard InChI is InChI=1S/C24H22N4O3/c1-16(2)17-10-12-18(13-11-17)26-21(29)15-27-23(30)20-9-6-14-25-22(20)28(24(27)31)19-7-4-3-5-8-19/h3-14,16H,15H2,1-2H3,(H,26,29). The molecule has 4 aromatic rings. The summed E-state index contributed by atoms with van der Waals surface area (Å²) in [7, 11) is 0. The molecule has 156 valence electrons. The monoisotopic (exact) mass is 414 g/mol. The van der Waals surface area contributed by atoms with Gasteiger partial charge in [0.2, 0.25) is 5.91 Å². The normalized spacial score (nSPS) is 11.1. The third kappa shape index (κ3) is 4.02. The first kappa shape index (κ1) is 20.3. The zero-order valence-corrected chi connectivity index (χ0v) is 17.3. The van der Waals surface area contributed by atoms with Gasteiger partial charge in [-0.1, -0.05) is 44.2 Å². The van der Waals surface area contributed by atoms with Crippen LogP contribution in [0.15, 0.2) is 82.5 Å². The topological polar surface area (TPSA) is 86.0 Å². The maximum atomic E-state index is 13.2. The predicted molar refractivity (Wildman–Crippen MR) is 121 cm³/mol. The highest BCUT2D eigenvalue weighted by Crippen LogP contribution is 2.17. The Morgan fingerprint density at radius 3 is 2.35 bits per heavy atom. The molecule has 0 bridgehead atoms. The third-order valence-electron chi connectivity index (χ3n) is 5.07. The van der Waals surface area contributed by atoms with Gasteiger partial charge < -0.3 is 5.32 Å². The van der Waals surface area contributed by atoms with Gasteiger partial charge in [0, 0.05) is 11.9 Å². The number of aromatic nitrogens is 3. The van der Waals surface area contributed by atoms with E-state index in [9.17, 15) is 14.4 Å². The van der Waals surface area contributed by atoms with E-state index in [0.717, 1.165) is 10.1 Å². The van der Waals surface area contributed by atoms with Gasteiger partial charge in [-0.05, 0) is 47.9 Å². The van der Waals surface area contributed by atoms with Crippen LogP contribution in [0.5, 0.6) is 0 Å². The van der Waals surface area contributed by atoms with Gasteiger partial charge in [0.1, 0.15) is 6.54 Å². The lowest BCUT2D eigenvalue weighted by atomic mass is 10.0. The number of fused-ring (bicyclic) bond motifs is 1. The molecule has 0 spiro atoms. The zero-order chi connectivity index (χ0) is 22.0. The molecule has 0 atom stereocenters. The maximum Gasteiger partial charge on any atom is 0.337 e. The number of pyridine rings is 1. The molecule has 2 aromatic carbocycles. The first-order valence-corrected chi connectivity index (χ1v) is 10.0. The highest BCUT2D eigenvalue weighted by molar-refractivity contribution is 5.90. The van der Waals surface area contributed by atoms with E-state index in [0.29, 0.717) is 17.3 Å². The fourth-order valence-corrected chi connectivity index (χ4v) is 3.43. The van der Waals surface area contributed by atoms with E-state index in [-0.39, 0.29) is 11.0 Å². The summed E-state index contributed by atoms with van der Waals surface area (Å²) in [4.78, 5) is 43.1. The number of benzene rings is 2. The second kappa shape index (κ2) is 8.39. The lowest BCUT2D eigenvalue weighted by molar-refractivity contribution is -0.116. The number of rotatable bonds is 5. The highest BCUT2D eigenvalue weighted by Gasteiger charge is 2.17. The molecular weight excluding hydrogens is 392 g/mol. The second-order valence-electron chi connectivity index (χ2n) is 7.54. The van der Waals surface area contributed by atoms with Crippen molar-refractivity contribution < 1.29 is 4.79 Å². The van der Waals surface area contributed by atoms with Crippen molar-refractivity contribution in [2.45, 2.75) is 26.3 Å². The largest absolute Gasteiger partial charge is 0.337 e. The van der Waals surface area contributed by atoms with Crippen LogP contribution in [0.2, 0.25) is 0 Å². The lowest BCUT2D eigenvalue weighted by Gasteiger charge is -2.13. The van der Waals surface area contributed by atoms with Crippen molar-refractivity contribution in [2.75, 3.05) is 5.32 Å². The van der Waals surface area contributed by atoms with Crippen molar-refractivity contribution in [3.63, 3.8) is 0 Å². The number of nitrogens with one attached hydrogen (secondary N) is 1. The minimum absolute atomic E-state index is 0.254. The van der Waals surface area contributed by atoms with E-state index >= 15 is 0 Å². The van der Waals surface area contributed by atoms with Crippen LogP contribution in [-0.2, 0) is 11.3 Å². The SMILES string of the molecule is CC(C)c1ccc(NC(=O)Cn2c(=O)c3cccnc3n(-c3ccccc3)c2=O)cc1. The van der Waals surface area contributed by atoms with Gasteiger partial charge in [0.05, 0.1) is 11.1 Å². The van der Waals surface area contributed by atoms with E-state index in [1.807, 2.05) is 30.3 Å². The van der Waals surface area contributed by atoms with E-state index < -0.39 is 23.7 Å². The van der Waals surface area contributed by atoms with Gasteiger partial charge in [0.15, 0.2) is 5.65 Å². The van der Waals surface area contributed by atoms with Gasteiger partial charge >= 0.3 is 5.69 Å². The molecular formula is C24H22N4O3. The third-order valence-corrected chi connectivity index (χ3v) is 5.07. The summed E-state index contributed by atoms with van der Waals surface area (Å²) in [6.45, 7) is 3.78. The molecule has 1 amide bonds. The van der Waals surface area contributed by atoms with Crippen LogP contribution in [0.25, 0.3) is 16.7 Å². The number of amides is 1. The van der Waals surface area contributed by atoms with E-state index in [1.165, 1.54) is 10.8 Å². The Labute approximate surface area is 178 Å². The summed E-state index contributed by atoms with van der Waals surface area (Å²) in [6, 6.07) is 19.6. The minimum Gasteiger partial charge on any atom is -0.325 e. The molecule has 2 aromatic heterocycles. The molecule has 2 heterocycles. The Bertz CT molecular complexity index is 1350. The Balaban J connectivity index is 1.73. The molecule has 4 rings (SSSR count). The smallest absolute Gasteiger partial charge is 0.325 e. The molecule has 0 saturated carbocycles. The Hall–Kier alpha value is -4.00. The molecule has 31 heavy (non-hydrogen) atoms. The van der Waals surface area contributed by atoms with Crippen LogP contribution in [0.3, 0.4) is 0 Å². The van der Waals surface area contributed by atoms with Crippen molar-refractivity contribution in [3.05, 3.63) is 99.3 Å². The number of hydrogen-bond acceptors (Lipinski definition) is 4. The molecule has 0 fully saturated rings. The van der Waals surface area contributed by atoms with E-state index in [4.69, 9.17) is 0 Å². The van der Waals surface area contributed by atoms with Gasteiger partial charge in [-0.3, -0.25) is 9.59 Å². The summed E-state index contributed by atoms with van der Waals surface area (Å²) >= 11 is 0. The average molecular weight is 414 g/mol. The quantitative estimate of drug-likeness (QED) is 0.543. The number of para-hydroxylation sites is 1. The molecule has 0 unspecified atom stereocenters. The van der Waals surface area contributed by atoms with Crippen LogP contribution < -0.4 is 16.6 Å². The van der Waals surface area contributed by atoms with Crippen molar-refractivity contribution in [1.29, 1.82) is 0 Å². The molecule has 7 nitrogen and oxygen atoms in total. The Kier molecular flexibility index (Phi) is 5.49. The summed E-state index contributed by atoms with van der Waals surface area (Å²) in [5, 5.41) is 3.02. The number of nitrogens with zero attached hydrogens (tertiary/aromatic N) is 3. The second-order valence-corrected chi connectivity index (χ2v) is 7.54. The number of carbonyl (C=O) groups is 1. The predicted octanol–water partition coefficient (Wildman–Crippen LogP) is 3.31. The summed E-state index contributed by atoms with van der Waals surface area (Å²) in [5.41, 5.74) is 1.41. The van der Waals surface area contributed by atoms with E-state index in [1.54, 1.807) is 36.4 Å². The number of carbonyl (C=O) groups excluding carboxylic acids is 1. The van der Waals surface area contributed by atoms with Crippen molar-refractivity contribution in [1.82, 2.24) is 14.1 Å². The Morgan fingerprint density at radius 2 is 1.68 bits per heavy atom. The average Bonchev–Trinajstić information content (AvgIpc) is 2.78. The summed E-state index contributed by atoms with van der Waals surface area (Å²) in [6.07, 6.45) is 1.53. The number of anilines is 1. The van der Waals surface area contributed by atoms with Crippen LogP contribution in [0.1, 0.15) is 25.3 Å².